The van der Waals surface area contributed by atoms with Gasteiger partial charge in [-0.3, -0.25) is 9.69 Å². The van der Waals surface area contributed by atoms with Crippen LogP contribution in [0.5, 0.6) is 5.75 Å². The molecular weight excluding hydrogens is 284 g/mol. The Hall–Kier alpha value is -1.07. The molecule has 0 fully saturated rings. The molecule has 17 heavy (non-hydrogen) atoms. The van der Waals surface area contributed by atoms with Crippen molar-refractivity contribution in [2.45, 2.75) is 0 Å². The van der Waals surface area contributed by atoms with Crippen LogP contribution in [-0.4, -0.2) is 44.6 Å². The molecule has 0 aliphatic carbocycles. The second-order valence-electron chi connectivity index (χ2n) is 3.71. The fourth-order valence-electron chi connectivity index (χ4n) is 1.25. The van der Waals surface area contributed by atoms with Gasteiger partial charge in [0.15, 0.2) is 0 Å². The minimum Gasteiger partial charge on any atom is -0.492 e. The van der Waals surface area contributed by atoms with E-state index in [2.05, 4.69) is 21.2 Å². The van der Waals surface area contributed by atoms with Gasteiger partial charge in [-0.15, -0.1) is 0 Å². The third kappa shape index (κ3) is 5.70. The van der Waals surface area contributed by atoms with Gasteiger partial charge in [0, 0.05) is 18.1 Å². The van der Waals surface area contributed by atoms with E-state index < -0.39 is 0 Å². The molecule has 94 valence electrons. The number of halogens is 1. The van der Waals surface area contributed by atoms with Gasteiger partial charge in [-0.05, 0) is 31.3 Å². The number of benzene rings is 1. The van der Waals surface area contributed by atoms with E-state index in [4.69, 9.17) is 4.74 Å². The summed E-state index contributed by atoms with van der Waals surface area (Å²) in [5.74, 6) is 0.845. The van der Waals surface area contributed by atoms with Crippen LogP contribution in [0.2, 0.25) is 0 Å². The average molecular weight is 301 g/mol. The van der Waals surface area contributed by atoms with Crippen molar-refractivity contribution in [3.8, 4) is 5.75 Å². The van der Waals surface area contributed by atoms with E-state index in [1.807, 2.05) is 36.2 Å². The Morgan fingerprint density at radius 2 is 2.06 bits per heavy atom. The molecule has 1 N–H and O–H groups in total. The van der Waals surface area contributed by atoms with E-state index in [0.717, 1.165) is 10.2 Å². The molecule has 0 aromatic heterocycles. The van der Waals surface area contributed by atoms with Gasteiger partial charge in [-0.25, -0.2) is 0 Å². The molecule has 0 saturated carbocycles. The minimum absolute atomic E-state index is 0.0103. The molecule has 0 radical (unpaired) electrons. The number of hydrogen-bond acceptors (Lipinski definition) is 3. The first-order chi connectivity index (χ1) is 8.11. The lowest BCUT2D eigenvalue weighted by Gasteiger charge is -2.15. The van der Waals surface area contributed by atoms with Gasteiger partial charge in [0.05, 0.1) is 6.54 Å². The monoisotopic (exact) mass is 300 g/mol. The highest BCUT2D eigenvalue weighted by Crippen LogP contribution is 2.15. The molecule has 0 bridgehead atoms. The van der Waals surface area contributed by atoms with Crippen LogP contribution in [0.4, 0.5) is 0 Å². The zero-order chi connectivity index (χ0) is 12.7. The highest BCUT2D eigenvalue weighted by Gasteiger charge is 2.04. The number of carbonyl (C=O) groups excluding carboxylic acids is 1. The summed E-state index contributed by atoms with van der Waals surface area (Å²) in [5, 5.41) is 2.58. The number of nitrogens with zero attached hydrogens (tertiary/aromatic N) is 1. The molecule has 0 heterocycles. The number of rotatable bonds is 6. The average Bonchev–Trinajstić information content (AvgIpc) is 2.31. The van der Waals surface area contributed by atoms with Crippen molar-refractivity contribution in [2.75, 3.05) is 33.8 Å². The lowest BCUT2D eigenvalue weighted by Crippen LogP contribution is -2.35. The number of amides is 1. The predicted molar refractivity (Wildman–Crippen MR) is 71.2 cm³/mol. The molecule has 1 aromatic rings. The zero-order valence-corrected chi connectivity index (χ0v) is 11.7. The maximum atomic E-state index is 11.1. The Balaban J connectivity index is 2.23. The fraction of sp³-hybridized carbons (Fsp3) is 0.417. The molecule has 4 nitrogen and oxygen atoms in total. The van der Waals surface area contributed by atoms with Crippen molar-refractivity contribution in [3.63, 3.8) is 0 Å². The summed E-state index contributed by atoms with van der Waals surface area (Å²) in [6, 6.07) is 7.68. The largest absolute Gasteiger partial charge is 0.492 e. The molecule has 1 aromatic carbocycles. The first-order valence-electron chi connectivity index (χ1n) is 5.39. The number of ether oxygens (including phenoxy) is 1. The summed E-state index contributed by atoms with van der Waals surface area (Å²) >= 11 is 3.36. The van der Waals surface area contributed by atoms with Crippen LogP contribution < -0.4 is 10.1 Å². The number of nitrogens with one attached hydrogen (secondary N) is 1. The first-order valence-corrected chi connectivity index (χ1v) is 6.18. The highest BCUT2D eigenvalue weighted by molar-refractivity contribution is 9.10. The summed E-state index contributed by atoms with van der Waals surface area (Å²) in [4.78, 5) is 13.0. The van der Waals surface area contributed by atoms with Crippen LogP contribution in [0.25, 0.3) is 0 Å². The van der Waals surface area contributed by atoms with E-state index in [9.17, 15) is 4.79 Å². The highest BCUT2D eigenvalue weighted by atomic mass is 79.9. The summed E-state index contributed by atoms with van der Waals surface area (Å²) in [6.07, 6.45) is 0. The van der Waals surface area contributed by atoms with Crippen molar-refractivity contribution in [1.29, 1.82) is 0 Å². The van der Waals surface area contributed by atoms with Crippen molar-refractivity contribution in [2.24, 2.45) is 0 Å². The van der Waals surface area contributed by atoms with Gasteiger partial charge in [0.1, 0.15) is 12.4 Å². The van der Waals surface area contributed by atoms with Crippen molar-refractivity contribution < 1.29 is 9.53 Å². The van der Waals surface area contributed by atoms with E-state index in [1.165, 1.54) is 0 Å². The molecule has 0 unspecified atom stereocenters. The van der Waals surface area contributed by atoms with Crippen LogP contribution >= 0.6 is 15.9 Å². The van der Waals surface area contributed by atoms with E-state index in [1.54, 1.807) is 7.05 Å². The smallest absolute Gasteiger partial charge is 0.233 e. The van der Waals surface area contributed by atoms with Crippen LogP contribution in [-0.2, 0) is 4.79 Å². The molecule has 0 aliphatic rings. The maximum absolute atomic E-state index is 11.1. The Kier molecular flexibility index (Phi) is 6.00. The molecule has 5 heteroatoms. The van der Waals surface area contributed by atoms with E-state index in [0.29, 0.717) is 19.7 Å². The van der Waals surface area contributed by atoms with Gasteiger partial charge in [-0.2, -0.15) is 0 Å². The third-order valence-corrected chi connectivity index (χ3v) is 2.78. The Morgan fingerprint density at radius 1 is 1.41 bits per heavy atom. The zero-order valence-electron chi connectivity index (χ0n) is 10.1. The van der Waals surface area contributed by atoms with Crippen LogP contribution in [0.1, 0.15) is 0 Å². The van der Waals surface area contributed by atoms with E-state index >= 15 is 0 Å². The number of likely N-dealkylation sites (N-methyl/N-ethyl adjacent to an activating group) is 2. The number of carbonyl (C=O) groups is 1. The molecule has 1 amide bonds. The van der Waals surface area contributed by atoms with Crippen molar-refractivity contribution in [3.05, 3.63) is 28.7 Å². The first kappa shape index (κ1) is 14.0. The second-order valence-corrected chi connectivity index (χ2v) is 4.63. The lowest BCUT2D eigenvalue weighted by molar-refractivity contribution is -0.121. The topological polar surface area (TPSA) is 41.6 Å². The van der Waals surface area contributed by atoms with Crippen molar-refractivity contribution >= 4 is 21.8 Å². The quantitative estimate of drug-likeness (QED) is 0.866. The lowest BCUT2D eigenvalue weighted by atomic mass is 10.3. The minimum atomic E-state index is 0.0103. The van der Waals surface area contributed by atoms with Gasteiger partial charge in [0.2, 0.25) is 5.91 Å². The second kappa shape index (κ2) is 7.29. The summed E-state index contributed by atoms with van der Waals surface area (Å²) in [6.45, 7) is 1.67. The Morgan fingerprint density at radius 3 is 2.65 bits per heavy atom. The molecule has 0 atom stereocenters. The Bertz CT molecular complexity index is 354. The maximum Gasteiger partial charge on any atom is 0.233 e. The SMILES string of the molecule is CNC(=O)CN(C)CCOc1ccc(Br)cc1. The third-order valence-electron chi connectivity index (χ3n) is 2.25. The number of hydrogen-bond donors (Lipinski definition) is 1. The Labute approximate surface area is 110 Å². The van der Waals surface area contributed by atoms with Gasteiger partial charge >= 0.3 is 0 Å². The predicted octanol–water partition coefficient (Wildman–Crippen LogP) is 1.51. The molecular formula is C12H17BrN2O2. The van der Waals surface area contributed by atoms with Crippen LogP contribution in [0.15, 0.2) is 28.7 Å². The summed E-state index contributed by atoms with van der Waals surface area (Å²) in [5.41, 5.74) is 0. The normalized spacial score (nSPS) is 10.4. The van der Waals surface area contributed by atoms with Gasteiger partial charge < -0.3 is 10.1 Å². The van der Waals surface area contributed by atoms with Crippen LogP contribution in [0.3, 0.4) is 0 Å². The van der Waals surface area contributed by atoms with E-state index in [-0.39, 0.29) is 5.91 Å². The standard InChI is InChI=1S/C12H17BrN2O2/c1-14-12(16)9-15(2)7-8-17-11-5-3-10(13)4-6-11/h3-6H,7-9H2,1-2H3,(H,14,16). The molecule has 0 aliphatic heterocycles. The summed E-state index contributed by atoms with van der Waals surface area (Å²) in [7, 11) is 3.52. The fourth-order valence-corrected chi connectivity index (χ4v) is 1.52. The van der Waals surface area contributed by atoms with Crippen molar-refractivity contribution in [1.82, 2.24) is 10.2 Å². The van der Waals surface area contributed by atoms with Gasteiger partial charge in [0.25, 0.3) is 0 Å². The summed E-state index contributed by atoms with van der Waals surface area (Å²) < 4.78 is 6.58. The van der Waals surface area contributed by atoms with Gasteiger partial charge in [-0.1, -0.05) is 15.9 Å². The molecule has 0 spiro atoms. The van der Waals surface area contributed by atoms with Crippen LogP contribution in [0, 0.1) is 0 Å². The molecule has 1 rings (SSSR count). The molecule has 0 saturated heterocycles.